The molecule has 138 valence electrons. The average Bonchev–Trinajstić information content (AvgIpc) is 3.33. The van der Waals surface area contributed by atoms with E-state index in [0.717, 1.165) is 32.9 Å². The summed E-state index contributed by atoms with van der Waals surface area (Å²) >= 11 is 0. The van der Waals surface area contributed by atoms with Crippen LogP contribution in [0, 0.1) is 0 Å². The van der Waals surface area contributed by atoms with E-state index in [-0.39, 0.29) is 11.9 Å². The lowest BCUT2D eigenvalue weighted by molar-refractivity contribution is -0.139. The number of fused-ring (bicyclic) bond motifs is 2. The van der Waals surface area contributed by atoms with E-state index in [1.807, 2.05) is 24.3 Å². The zero-order valence-electron chi connectivity index (χ0n) is 14.9. The molecular weight excluding hydrogens is 354 g/mol. The molecule has 2 heterocycles. The van der Waals surface area contributed by atoms with Gasteiger partial charge in [0.2, 0.25) is 0 Å². The van der Waals surface area contributed by atoms with E-state index < -0.39 is 6.04 Å². The van der Waals surface area contributed by atoms with Crippen LogP contribution in [-0.4, -0.2) is 34.7 Å². The van der Waals surface area contributed by atoms with Crippen molar-refractivity contribution in [3.05, 3.63) is 66.2 Å². The standard InChI is InChI=1S/C22H17N3O3/c26-21(23-19-9-10-28-22(19)27)16-7-8-18-17(12-16)20(25-24-18)15-6-5-13-3-1-2-4-14(13)11-15/h1-8,11-12,19H,9-10H2,(H,23,26)(H,24,25). The molecule has 28 heavy (non-hydrogen) atoms. The van der Waals surface area contributed by atoms with Gasteiger partial charge >= 0.3 is 5.97 Å². The molecule has 1 atom stereocenters. The van der Waals surface area contributed by atoms with Crippen LogP contribution in [0.3, 0.4) is 0 Å². The number of carbonyl (C=O) groups is 2. The maximum Gasteiger partial charge on any atom is 0.328 e. The lowest BCUT2D eigenvalue weighted by atomic mass is 10.0. The summed E-state index contributed by atoms with van der Waals surface area (Å²) in [6.07, 6.45) is 0.501. The third kappa shape index (κ3) is 2.79. The van der Waals surface area contributed by atoms with E-state index in [1.165, 1.54) is 0 Å². The van der Waals surface area contributed by atoms with Crippen LogP contribution >= 0.6 is 0 Å². The lowest BCUT2D eigenvalue weighted by Gasteiger charge is -2.09. The van der Waals surface area contributed by atoms with E-state index in [9.17, 15) is 9.59 Å². The highest BCUT2D eigenvalue weighted by molar-refractivity contribution is 6.03. The molecule has 6 nitrogen and oxygen atoms in total. The number of H-pyrrole nitrogens is 1. The van der Waals surface area contributed by atoms with Crippen LogP contribution in [0.25, 0.3) is 32.9 Å². The molecule has 1 unspecified atom stereocenters. The van der Waals surface area contributed by atoms with Crippen LogP contribution in [0.5, 0.6) is 0 Å². The summed E-state index contributed by atoms with van der Waals surface area (Å²) in [5.41, 5.74) is 3.09. The van der Waals surface area contributed by atoms with Crippen LogP contribution in [0.4, 0.5) is 0 Å². The van der Waals surface area contributed by atoms with Crippen LogP contribution in [-0.2, 0) is 9.53 Å². The van der Waals surface area contributed by atoms with Crippen LogP contribution in [0.1, 0.15) is 16.8 Å². The van der Waals surface area contributed by atoms with Gasteiger partial charge in [0.15, 0.2) is 0 Å². The van der Waals surface area contributed by atoms with Gasteiger partial charge in [0.05, 0.1) is 17.8 Å². The topological polar surface area (TPSA) is 84.1 Å². The molecule has 1 aliphatic heterocycles. The van der Waals surface area contributed by atoms with Gasteiger partial charge in [-0.3, -0.25) is 9.89 Å². The first kappa shape index (κ1) is 16.5. The van der Waals surface area contributed by atoms with Crippen molar-refractivity contribution in [2.45, 2.75) is 12.5 Å². The van der Waals surface area contributed by atoms with Crippen LogP contribution in [0.2, 0.25) is 0 Å². The summed E-state index contributed by atoms with van der Waals surface area (Å²) in [6.45, 7) is 0.344. The molecule has 0 spiro atoms. The molecular formula is C22H17N3O3. The first-order valence-corrected chi connectivity index (χ1v) is 9.14. The molecule has 6 heteroatoms. The molecule has 0 bridgehead atoms. The monoisotopic (exact) mass is 371 g/mol. The Labute approximate surface area is 160 Å². The molecule has 3 aromatic carbocycles. The van der Waals surface area contributed by atoms with Crippen molar-refractivity contribution in [3.63, 3.8) is 0 Å². The van der Waals surface area contributed by atoms with Gasteiger partial charge in [-0.25, -0.2) is 4.79 Å². The first-order chi connectivity index (χ1) is 13.7. The van der Waals surface area contributed by atoms with Crippen molar-refractivity contribution in [1.29, 1.82) is 0 Å². The van der Waals surface area contributed by atoms with E-state index in [4.69, 9.17) is 4.74 Å². The fraction of sp³-hybridized carbons (Fsp3) is 0.136. The zero-order valence-corrected chi connectivity index (χ0v) is 14.9. The minimum Gasteiger partial charge on any atom is -0.464 e. The van der Waals surface area contributed by atoms with Gasteiger partial charge < -0.3 is 10.1 Å². The predicted octanol–water partition coefficient (Wildman–Crippen LogP) is 3.43. The first-order valence-electron chi connectivity index (χ1n) is 9.14. The molecule has 1 aliphatic rings. The molecule has 1 amide bonds. The number of cyclic esters (lactones) is 1. The van der Waals surface area contributed by atoms with Crippen molar-refractivity contribution in [2.75, 3.05) is 6.61 Å². The summed E-state index contributed by atoms with van der Waals surface area (Å²) in [5.74, 6) is -0.675. The van der Waals surface area contributed by atoms with E-state index in [0.29, 0.717) is 18.6 Å². The summed E-state index contributed by atoms with van der Waals surface area (Å²) in [4.78, 5) is 24.2. The third-order valence-corrected chi connectivity index (χ3v) is 5.09. The number of nitrogens with zero attached hydrogens (tertiary/aromatic N) is 1. The van der Waals surface area contributed by atoms with Crippen molar-refractivity contribution in [1.82, 2.24) is 15.5 Å². The Morgan fingerprint density at radius 2 is 1.93 bits per heavy atom. The summed E-state index contributed by atoms with van der Waals surface area (Å²) < 4.78 is 4.90. The normalized spacial score (nSPS) is 16.4. The number of ether oxygens (including phenoxy) is 1. The second kappa shape index (κ2) is 6.49. The van der Waals surface area contributed by atoms with Crippen LogP contribution in [0.15, 0.2) is 60.7 Å². The number of aromatic nitrogens is 2. The molecule has 0 saturated carbocycles. The largest absolute Gasteiger partial charge is 0.464 e. The molecule has 1 fully saturated rings. The van der Waals surface area contributed by atoms with Crippen LogP contribution < -0.4 is 5.32 Å². The fourth-order valence-electron chi connectivity index (χ4n) is 3.58. The molecule has 0 aliphatic carbocycles. The molecule has 5 rings (SSSR count). The second-order valence-electron chi connectivity index (χ2n) is 6.88. The maximum absolute atomic E-state index is 12.6. The highest BCUT2D eigenvalue weighted by Gasteiger charge is 2.28. The number of rotatable bonds is 3. The summed E-state index contributed by atoms with van der Waals surface area (Å²) in [7, 11) is 0. The number of benzene rings is 3. The predicted molar refractivity (Wildman–Crippen MR) is 106 cm³/mol. The van der Waals surface area contributed by atoms with Crippen molar-refractivity contribution < 1.29 is 14.3 Å². The molecule has 1 saturated heterocycles. The Morgan fingerprint density at radius 3 is 2.75 bits per heavy atom. The van der Waals surface area contributed by atoms with Crippen molar-refractivity contribution in [2.24, 2.45) is 0 Å². The maximum atomic E-state index is 12.6. The van der Waals surface area contributed by atoms with Gasteiger partial charge in [-0.1, -0.05) is 36.4 Å². The van der Waals surface area contributed by atoms with Gasteiger partial charge in [-0.15, -0.1) is 0 Å². The van der Waals surface area contributed by atoms with Gasteiger partial charge in [0.25, 0.3) is 5.91 Å². The van der Waals surface area contributed by atoms with Gasteiger partial charge in [0.1, 0.15) is 6.04 Å². The minimum absolute atomic E-state index is 0.295. The molecule has 4 aromatic rings. The summed E-state index contributed by atoms with van der Waals surface area (Å²) in [6, 6.07) is 19.1. The Balaban J connectivity index is 1.52. The number of amides is 1. The van der Waals surface area contributed by atoms with Crippen molar-refractivity contribution >= 4 is 33.6 Å². The fourth-order valence-corrected chi connectivity index (χ4v) is 3.58. The van der Waals surface area contributed by atoms with Crippen molar-refractivity contribution in [3.8, 4) is 11.3 Å². The molecule has 0 radical (unpaired) electrons. The Hall–Kier alpha value is -3.67. The number of nitrogens with one attached hydrogen (secondary N) is 2. The number of carbonyl (C=O) groups excluding carboxylic acids is 2. The average molecular weight is 371 g/mol. The molecule has 2 N–H and O–H groups in total. The Kier molecular flexibility index (Phi) is 3.83. The lowest BCUT2D eigenvalue weighted by Crippen LogP contribution is -2.37. The SMILES string of the molecule is O=C(NC1CCOC1=O)c1ccc2[nH]nc(-c3ccc4ccccc4c3)c2c1. The second-order valence-corrected chi connectivity index (χ2v) is 6.88. The zero-order chi connectivity index (χ0) is 19.1. The summed E-state index contributed by atoms with van der Waals surface area (Å²) in [5, 5.41) is 13.4. The Morgan fingerprint density at radius 1 is 1.07 bits per heavy atom. The smallest absolute Gasteiger partial charge is 0.328 e. The van der Waals surface area contributed by atoms with E-state index in [1.54, 1.807) is 12.1 Å². The number of aromatic amines is 1. The molecule has 1 aromatic heterocycles. The minimum atomic E-state index is -0.576. The van der Waals surface area contributed by atoms with Gasteiger partial charge in [-0.05, 0) is 35.0 Å². The third-order valence-electron chi connectivity index (χ3n) is 5.09. The number of esters is 1. The van der Waals surface area contributed by atoms with Gasteiger partial charge in [-0.2, -0.15) is 5.10 Å². The van der Waals surface area contributed by atoms with E-state index in [2.05, 4.69) is 39.8 Å². The number of hydrogen-bond donors (Lipinski definition) is 2. The van der Waals surface area contributed by atoms with E-state index >= 15 is 0 Å². The quantitative estimate of drug-likeness (QED) is 0.541. The highest BCUT2D eigenvalue weighted by atomic mass is 16.5. The number of hydrogen-bond acceptors (Lipinski definition) is 4. The Bertz CT molecular complexity index is 1230. The van der Waals surface area contributed by atoms with Gasteiger partial charge in [0, 0.05) is 22.9 Å². The highest BCUT2D eigenvalue weighted by Crippen LogP contribution is 2.29.